The summed E-state index contributed by atoms with van der Waals surface area (Å²) in [5.41, 5.74) is 0. The smallest absolute Gasteiger partial charge is 0.306 e. The number of nitrogens with one attached hydrogen (secondary N) is 1. The number of carbonyl (C=O) groups excluding carboxylic acids is 2. The van der Waals surface area contributed by atoms with Crippen LogP contribution in [0.2, 0.25) is 0 Å². The molecular formula is C53H93NO5. The summed E-state index contributed by atoms with van der Waals surface area (Å²) in [6.45, 7) is 6.30. The first kappa shape index (κ1) is 56.3. The van der Waals surface area contributed by atoms with Gasteiger partial charge in [-0.25, -0.2) is 0 Å². The molecule has 0 aliphatic rings. The Bertz CT molecular complexity index is 1110. The average molecular weight is 824 g/mol. The van der Waals surface area contributed by atoms with E-state index in [-0.39, 0.29) is 24.9 Å². The van der Waals surface area contributed by atoms with Gasteiger partial charge in [0.1, 0.15) is 6.10 Å². The SMILES string of the molecule is CC/C=C\C/C=C\C/C=C\C/C=C\C/C=C\CCCCCC(=O)OC(CCCCC/C=C\CCCC)CC(=O)NC(CO)C(O)CCCCCCCCCCCCCC. The van der Waals surface area contributed by atoms with E-state index in [4.69, 9.17) is 4.74 Å². The van der Waals surface area contributed by atoms with Crippen molar-refractivity contribution < 1.29 is 24.5 Å². The van der Waals surface area contributed by atoms with Crippen LogP contribution in [-0.2, 0) is 14.3 Å². The van der Waals surface area contributed by atoms with Gasteiger partial charge in [-0.3, -0.25) is 9.59 Å². The minimum absolute atomic E-state index is 0.0502. The summed E-state index contributed by atoms with van der Waals surface area (Å²) in [4.78, 5) is 26.0. The molecule has 6 nitrogen and oxygen atoms in total. The zero-order chi connectivity index (χ0) is 43.1. The van der Waals surface area contributed by atoms with E-state index < -0.39 is 18.2 Å². The minimum Gasteiger partial charge on any atom is -0.462 e. The second-order valence-corrected chi connectivity index (χ2v) is 16.5. The highest BCUT2D eigenvalue weighted by atomic mass is 16.5. The van der Waals surface area contributed by atoms with E-state index in [0.717, 1.165) is 109 Å². The fourth-order valence-electron chi connectivity index (χ4n) is 7.02. The molecule has 340 valence electrons. The molecule has 0 saturated heterocycles. The maximum absolute atomic E-state index is 13.1. The van der Waals surface area contributed by atoms with Crippen LogP contribution in [0, 0.1) is 0 Å². The van der Waals surface area contributed by atoms with E-state index in [0.29, 0.717) is 19.3 Å². The minimum atomic E-state index is -0.798. The van der Waals surface area contributed by atoms with E-state index in [1.807, 2.05) is 0 Å². The number of hydrogen-bond donors (Lipinski definition) is 3. The summed E-state index contributed by atoms with van der Waals surface area (Å²) >= 11 is 0. The van der Waals surface area contributed by atoms with Crippen molar-refractivity contribution in [2.75, 3.05) is 6.61 Å². The van der Waals surface area contributed by atoms with Crippen molar-refractivity contribution in [3.63, 3.8) is 0 Å². The number of aliphatic hydroxyl groups excluding tert-OH is 2. The summed E-state index contributed by atoms with van der Waals surface area (Å²) < 4.78 is 5.88. The Labute approximate surface area is 364 Å². The number of unbranched alkanes of at least 4 members (excludes halogenated alkanes) is 19. The van der Waals surface area contributed by atoms with Crippen LogP contribution in [0.3, 0.4) is 0 Å². The van der Waals surface area contributed by atoms with Gasteiger partial charge in [-0.2, -0.15) is 0 Å². The van der Waals surface area contributed by atoms with E-state index >= 15 is 0 Å². The van der Waals surface area contributed by atoms with Crippen LogP contribution in [0.4, 0.5) is 0 Å². The number of ether oxygens (including phenoxy) is 1. The molecule has 0 aliphatic heterocycles. The van der Waals surface area contributed by atoms with E-state index in [1.54, 1.807) is 0 Å². The quantitative estimate of drug-likeness (QED) is 0.0323. The van der Waals surface area contributed by atoms with Crippen molar-refractivity contribution >= 4 is 11.9 Å². The first-order chi connectivity index (χ1) is 29.0. The molecular weight excluding hydrogens is 731 g/mol. The Morgan fingerprint density at radius 1 is 0.508 bits per heavy atom. The molecule has 3 unspecified atom stereocenters. The average Bonchev–Trinajstić information content (AvgIpc) is 3.23. The maximum Gasteiger partial charge on any atom is 0.306 e. The zero-order valence-corrected chi connectivity index (χ0v) is 38.6. The van der Waals surface area contributed by atoms with Crippen LogP contribution in [0.5, 0.6) is 0 Å². The van der Waals surface area contributed by atoms with Gasteiger partial charge >= 0.3 is 5.97 Å². The molecule has 3 atom stereocenters. The van der Waals surface area contributed by atoms with Gasteiger partial charge in [0.2, 0.25) is 5.91 Å². The number of rotatable bonds is 43. The molecule has 0 rings (SSSR count). The summed E-state index contributed by atoms with van der Waals surface area (Å²) in [5, 5.41) is 23.7. The van der Waals surface area contributed by atoms with Crippen molar-refractivity contribution in [2.45, 2.75) is 244 Å². The van der Waals surface area contributed by atoms with Crippen LogP contribution in [0.1, 0.15) is 226 Å². The molecule has 0 fully saturated rings. The van der Waals surface area contributed by atoms with Gasteiger partial charge in [0.15, 0.2) is 0 Å². The summed E-state index contributed by atoms with van der Waals surface area (Å²) in [6, 6.07) is -0.714. The Kier molecular flexibility index (Phi) is 44.2. The fourth-order valence-corrected chi connectivity index (χ4v) is 7.02. The lowest BCUT2D eigenvalue weighted by molar-refractivity contribution is -0.151. The third kappa shape index (κ3) is 41.8. The molecule has 1 amide bonds. The first-order valence-corrected chi connectivity index (χ1v) is 24.7. The van der Waals surface area contributed by atoms with Crippen LogP contribution in [-0.4, -0.2) is 46.9 Å². The molecule has 0 radical (unpaired) electrons. The van der Waals surface area contributed by atoms with Gasteiger partial charge in [0, 0.05) is 6.42 Å². The van der Waals surface area contributed by atoms with Crippen LogP contribution < -0.4 is 5.32 Å². The van der Waals surface area contributed by atoms with E-state index in [2.05, 4.69) is 99.0 Å². The van der Waals surface area contributed by atoms with Crippen molar-refractivity contribution in [2.24, 2.45) is 0 Å². The largest absolute Gasteiger partial charge is 0.462 e. The molecule has 0 heterocycles. The standard InChI is InChI=1S/C53H93NO5/c1-4-7-10-13-16-19-21-23-24-25-26-27-28-29-31-34-37-40-43-46-53(58)59-49(44-41-38-35-32-18-15-12-9-6-3)47-52(57)54-50(48-55)51(56)45-42-39-36-33-30-22-20-17-14-11-8-5-2/h7,10,15-16,18-19,23-24,26-27,29,31,49-51,55-56H,4-6,8-9,11-14,17,20-22,25,28,30,32-48H2,1-3H3,(H,54,57)/b10-7-,18-15-,19-16-,24-23-,27-26-,31-29-. The number of esters is 1. The van der Waals surface area contributed by atoms with Crippen molar-refractivity contribution in [1.29, 1.82) is 0 Å². The van der Waals surface area contributed by atoms with Crippen LogP contribution in [0.25, 0.3) is 0 Å². The number of hydrogen-bond acceptors (Lipinski definition) is 5. The van der Waals surface area contributed by atoms with E-state index in [1.165, 1.54) is 70.6 Å². The Morgan fingerprint density at radius 3 is 1.46 bits per heavy atom. The Balaban J connectivity index is 4.55. The highest BCUT2D eigenvalue weighted by Gasteiger charge is 2.24. The van der Waals surface area contributed by atoms with Crippen LogP contribution in [0.15, 0.2) is 72.9 Å². The molecule has 0 bridgehead atoms. The van der Waals surface area contributed by atoms with Gasteiger partial charge in [0.25, 0.3) is 0 Å². The molecule has 0 aromatic carbocycles. The lowest BCUT2D eigenvalue weighted by atomic mass is 10.0. The fraction of sp³-hybridized carbons (Fsp3) is 0.736. The third-order valence-corrected chi connectivity index (χ3v) is 10.8. The predicted octanol–water partition coefficient (Wildman–Crippen LogP) is 14.6. The van der Waals surface area contributed by atoms with E-state index in [9.17, 15) is 19.8 Å². The number of amides is 1. The third-order valence-electron chi connectivity index (χ3n) is 10.8. The summed E-state index contributed by atoms with van der Waals surface area (Å²) in [6.07, 6.45) is 58.2. The number of carbonyl (C=O) groups is 2. The highest BCUT2D eigenvalue weighted by molar-refractivity contribution is 5.77. The van der Waals surface area contributed by atoms with Gasteiger partial charge < -0.3 is 20.3 Å². The molecule has 0 aromatic heterocycles. The normalized spacial score (nSPS) is 13.9. The Hall–Kier alpha value is -2.70. The van der Waals surface area contributed by atoms with Crippen molar-refractivity contribution in [1.82, 2.24) is 5.32 Å². The first-order valence-electron chi connectivity index (χ1n) is 24.7. The van der Waals surface area contributed by atoms with Gasteiger partial charge in [0.05, 0.1) is 25.2 Å². The van der Waals surface area contributed by atoms with Gasteiger partial charge in [-0.05, 0) is 89.9 Å². The topological polar surface area (TPSA) is 95.9 Å². The lowest BCUT2D eigenvalue weighted by Gasteiger charge is -2.24. The molecule has 59 heavy (non-hydrogen) atoms. The molecule has 3 N–H and O–H groups in total. The van der Waals surface area contributed by atoms with Gasteiger partial charge in [-0.1, -0.05) is 196 Å². The highest BCUT2D eigenvalue weighted by Crippen LogP contribution is 2.17. The van der Waals surface area contributed by atoms with Crippen LogP contribution >= 0.6 is 0 Å². The maximum atomic E-state index is 13.1. The lowest BCUT2D eigenvalue weighted by Crippen LogP contribution is -2.46. The monoisotopic (exact) mass is 824 g/mol. The number of aliphatic hydroxyl groups is 2. The Morgan fingerprint density at radius 2 is 0.932 bits per heavy atom. The molecule has 0 saturated carbocycles. The molecule has 6 heteroatoms. The number of allylic oxidation sites excluding steroid dienone is 12. The zero-order valence-electron chi connectivity index (χ0n) is 38.6. The predicted molar refractivity (Wildman–Crippen MR) is 255 cm³/mol. The molecule has 0 aromatic rings. The second-order valence-electron chi connectivity index (χ2n) is 16.5. The van der Waals surface area contributed by atoms with Crippen molar-refractivity contribution in [3.8, 4) is 0 Å². The summed E-state index contributed by atoms with van der Waals surface area (Å²) in [7, 11) is 0. The molecule has 0 spiro atoms. The molecule has 0 aliphatic carbocycles. The van der Waals surface area contributed by atoms with Crippen molar-refractivity contribution in [3.05, 3.63) is 72.9 Å². The second kappa shape index (κ2) is 46.4. The van der Waals surface area contributed by atoms with Gasteiger partial charge in [-0.15, -0.1) is 0 Å². The summed E-state index contributed by atoms with van der Waals surface area (Å²) in [5.74, 6) is -0.534.